The Morgan fingerprint density at radius 3 is 2.46 bits per heavy atom. The third kappa shape index (κ3) is 5.77. The summed E-state index contributed by atoms with van der Waals surface area (Å²) in [6.45, 7) is 7.35. The smallest absolute Gasteiger partial charge is 0.155 e. The Hall–Kier alpha value is -0.410. The van der Waals surface area contributed by atoms with Gasteiger partial charge in [-0.2, -0.15) is 0 Å². The molecule has 1 unspecified atom stereocenters. The van der Waals surface area contributed by atoms with Crippen LogP contribution < -0.4 is 0 Å². The van der Waals surface area contributed by atoms with Crippen molar-refractivity contribution < 1.29 is 9.47 Å². The predicted molar refractivity (Wildman–Crippen MR) is 55.3 cm³/mol. The van der Waals surface area contributed by atoms with Crippen LogP contribution in [0.2, 0.25) is 0 Å². The van der Waals surface area contributed by atoms with Gasteiger partial charge in [-0.3, -0.25) is 4.99 Å². The molecule has 78 valence electrons. The molecule has 0 N–H and O–H groups in total. The van der Waals surface area contributed by atoms with Crippen LogP contribution >= 0.6 is 0 Å². The molecule has 0 aromatic heterocycles. The van der Waals surface area contributed by atoms with Gasteiger partial charge in [-0.05, 0) is 19.8 Å². The van der Waals surface area contributed by atoms with Crippen LogP contribution in [0.5, 0.6) is 0 Å². The molecule has 0 aromatic carbocycles. The molecule has 0 aliphatic rings. The van der Waals surface area contributed by atoms with Crippen LogP contribution in [-0.2, 0) is 9.47 Å². The molecule has 0 aliphatic heterocycles. The lowest BCUT2D eigenvalue weighted by Crippen LogP contribution is -2.27. The van der Waals surface area contributed by atoms with Gasteiger partial charge < -0.3 is 9.47 Å². The third-order valence-electron chi connectivity index (χ3n) is 1.90. The van der Waals surface area contributed by atoms with Crippen molar-refractivity contribution >= 4 is 6.21 Å². The lowest BCUT2D eigenvalue weighted by molar-refractivity contribution is -0.0471. The first-order valence-electron chi connectivity index (χ1n) is 4.85. The van der Waals surface area contributed by atoms with Gasteiger partial charge in [0, 0.05) is 13.3 Å². The van der Waals surface area contributed by atoms with E-state index in [4.69, 9.17) is 9.47 Å². The van der Waals surface area contributed by atoms with Gasteiger partial charge in [0.25, 0.3) is 0 Å². The van der Waals surface area contributed by atoms with Gasteiger partial charge in [0.05, 0.1) is 13.2 Å². The van der Waals surface area contributed by atoms with E-state index in [2.05, 4.69) is 18.8 Å². The Kier molecular flexibility index (Phi) is 6.82. The zero-order valence-electron chi connectivity index (χ0n) is 9.17. The first-order chi connectivity index (χ1) is 6.18. The van der Waals surface area contributed by atoms with Gasteiger partial charge in [0.2, 0.25) is 0 Å². The lowest BCUT2D eigenvalue weighted by Gasteiger charge is -2.23. The van der Waals surface area contributed by atoms with E-state index in [1.165, 1.54) is 0 Å². The number of hydrogen-bond acceptors (Lipinski definition) is 3. The SMILES string of the molecule is CCC=NC(C)(CC)OCCOC. The third-order valence-corrected chi connectivity index (χ3v) is 1.90. The van der Waals surface area contributed by atoms with E-state index in [9.17, 15) is 0 Å². The van der Waals surface area contributed by atoms with Gasteiger partial charge in [0.1, 0.15) is 0 Å². The fourth-order valence-corrected chi connectivity index (χ4v) is 0.860. The summed E-state index contributed by atoms with van der Waals surface area (Å²) in [5.41, 5.74) is -0.367. The highest BCUT2D eigenvalue weighted by atomic mass is 16.5. The summed E-state index contributed by atoms with van der Waals surface area (Å²) in [5, 5.41) is 0. The summed E-state index contributed by atoms with van der Waals surface area (Å²) in [4.78, 5) is 4.36. The average molecular weight is 187 g/mol. The monoisotopic (exact) mass is 187 g/mol. The van der Waals surface area contributed by atoms with Crippen LogP contribution in [-0.4, -0.2) is 32.3 Å². The predicted octanol–water partition coefficient (Wildman–Crippen LogP) is 2.26. The van der Waals surface area contributed by atoms with E-state index in [-0.39, 0.29) is 5.72 Å². The maximum absolute atomic E-state index is 5.60. The van der Waals surface area contributed by atoms with Gasteiger partial charge in [-0.15, -0.1) is 0 Å². The molecular formula is C10H21NO2. The molecule has 3 heteroatoms. The molecule has 3 nitrogen and oxygen atoms in total. The lowest BCUT2D eigenvalue weighted by atomic mass is 10.2. The quantitative estimate of drug-likeness (QED) is 0.452. The fraction of sp³-hybridized carbons (Fsp3) is 0.900. The molecule has 13 heavy (non-hydrogen) atoms. The minimum atomic E-state index is -0.367. The largest absolute Gasteiger partial charge is 0.382 e. The maximum atomic E-state index is 5.60. The van der Waals surface area contributed by atoms with Crippen molar-refractivity contribution in [3.05, 3.63) is 0 Å². The summed E-state index contributed by atoms with van der Waals surface area (Å²) in [5.74, 6) is 0. The highest BCUT2D eigenvalue weighted by Gasteiger charge is 2.19. The first-order valence-corrected chi connectivity index (χ1v) is 4.85. The van der Waals surface area contributed by atoms with Crippen molar-refractivity contribution in [1.82, 2.24) is 0 Å². The second-order valence-electron chi connectivity index (χ2n) is 3.09. The summed E-state index contributed by atoms with van der Waals surface area (Å²) in [6, 6.07) is 0. The normalized spacial score (nSPS) is 16.3. The van der Waals surface area contributed by atoms with E-state index in [0.29, 0.717) is 13.2 Å². The van der Waals surface area contributed by atoms with Crippen LogP contribution in [0.4, 0.5) is 0 Å². The van der Waals surface area contributed by atoms with Crippen LogP contribution in [0.25, 0.3) is 0 Å². The van der Waals surface area contributed by atoms with Crippen LogP contribution in [0.3, 0.4) is 0 Å². The number of aliphatic imine (C=N–C) groups is 1. The molecule has 0 heterocycles. The Labute approximate surface area is 81.1 Å². The topological polar surface area (TPSA) is 30.8 Å². The molecular weight excluding hydrogens is 166 g/mol. The summed E-state index contributed by atoms with van der Waals surface area (Å²) < 4.78 is 10.5. The molecule has 0 bridgehead atoms. The Morgan fingerprint density at radius 1 is 1.31 bits per heavy atom. The minimum absolute atomic E-state index is 0.367. The Bertz CT molecular complexity index is 148. The minimum Gasteiger partial charge on any atom is -0.382 e. The number of rotatable bonds is 7. The molecule has 0 aromatic rings. The molecule has 0 rings (SSSR count). The van der Waals surface area contributed by atoms with Crippen molar-refractivity contribution in [3.63, 3.8) is 0 Å². The van der Waals surface area contributed by atoms with Crippen molar-refractivity contribution in [3.8, 4) is 0 Å². The maximum Gasteiger partial charge on any atom is 0.155 e. The highest BCUT2D eigenvalue weighted by Crippen LogP contribution is 2.16. The molecule has 0 fully saturated rings. The van der Waals surface area contributed by atoms with E-state index in [1.54, 1.807) is 7.11 Å². The second-order valence-corrected chi connectivity index (χ2v) is 3.09. The molecule has 0 spiro atoms. The van der Waals surface area contributed by atoms with Crippen LogP contribution in [0, 0.1) is 0 Å². The van der Waals surface area contributed by atoms with Crippen molar-refractivity contribution in [2.45, 2.75) is 39.3 Å². The Morgan fingerprint density at radius 2 is 2.00 bits per heavy atom. The zero-order chi connectivity index (χ0) is 10.2. The number of hydrogen-bond donors (Lipinski definition) is 0. The van der Waals surface area contributed by atoms with E-state index in [1.807, 2.05) is 13.1 Å². The Balaban J connectivity index is 3.88. The number of nitrogens with zero attached hydrogens (tertiary/aromatic N) is 1. The van der Waals surface area contributed by atoms with E-state index in [0.717, 1.165) is 12.8 Å². The summed E-state index contributed by atoms with van der Waals surface area (Å²) in [7, 11) is 1.67. The van der Waals surface area contributed by atoms with Crippen molar-refractivity contribution in [1.29, 1.82) is 0 Å². The van der Waals surface area contributed by atoms with Gasteiger partial charge in [-0.1, -0.05) is 13.8 Å². The highest BCUT2D eigenvalue weighted by molar-refractivity contribution is 5.57. The van der Waals surface area contributed by atoms with Gasteiger partial charge in [0.15, 0.2) is 5.72 Å². The summed E-state index contributed by atoms with van der Waals surface area (Å²) >= 11 is 0. The van der Waals surface area contributed by atoms with E-state index < -0.39 is 0 Å². The van der Waals surface area contributed by atoms with Crippen LogP contribution in [0.15, 0.2) is 4.99 Å². The van der Waals surface area contributed by atoms with E-state index >= 15 is 0 Å². The fourth-order valence-electron chi connectivity index (χ4n) is 0.860. The molecule has 0 radical (unpaired) electrons. The zero-order valence-corrected chi connectivity index (χ0v) is 9.17. The number of methoxy groups -OCH3 is 1. The molecule has 0 saturated carbocycles. The molecule has 0 aliphatic carbocycles. The van der Waals surface area contributed by atoms with Crippen LogP contribution in [0.1, 0.15) is 33.6 Å². The molecule has 1 atom stereocenters. The molecule has 0 saturated heterocycles. The molecule has 0 amide bonds. The standard InChI is InChI=1S/C10H21NO2/c1-5-7-11-10(3,6-2)13-9-8-12-4/h7H,5-6,8-9H2,1-4H3. The summed E-state index contributed by atoms with van der Waals surface area (Å²) in [6.07, 6.45) is 3.73. The average Bonchev–Trinajstić information content (AvgIpc) is 2.15. The second kappa shape index (κ2) is 7.04. The van der Waals surface area contributed by atoms with Gasteiger partial charge >= 0.3 is 0 Å². The van der Waals surface area contributed by atoms with Crippen molar-refractivity contribution in [2.75, 3.05) is 20.3 Å². The first kappa shape index (κ1) is 12.6. The van der Waals surface area contributed by atoms with Crippen molar-refractivity contribution in [2.24, 2.45) is 4.99 Å². The number of ether oxygens (including phenoxy) is 2. The van der Waals surface area contributed by atoms with Gasteiger partial charge in [-0.25, -0.2) is 0 Å².